The molecule has 0 aliphatic heterocycles. The molecule has 0 aromatic carbocycles. The van der Waals surface area contributed by atoms with Crippen LogP contribution in [0.2, 0.25) is 0 Å². The minimum Gasteiger partial charge on any atom is -0.272 e. The Morgan fingerprint density at radius 3 is 2.29 bits per heavy atom. The largest absolute Gasteiger partial charge is 0.435 e. The lowest BCUT2D eigenvalue weighted by Crippen LogP contribution is -2.27. The molecule has 0 radical (unpaired) electrons. The highest BCUT2D eigenvalue weighted by molar-refractivity contribution is 9.09. The maximum absolute atomic E-state index is 12.4. The second kappa shape index (κ2) is 5.00. The first-order valence-electron chi connectivity index (χ1n) is 5.31. The molecule has 1 heterocycles. The van der Waals surface area contributed by atoms with Crippen molar-refractivity contribution in [3.63, 3.8) is 0 Å². The highest BCUT2D eigenvalue weighted by atomic mass is 79.9. The van der Waals surface area contributed by atoms with Gasteiger partial charge in [0.05, 0.1) is 0 Å². The SMILES string of the molecule is CC(C)(C)C(CBr)Cn1ccc(C(F)(F)F)n1. The van der Waals surface area contributed by atoms with Gasteiger partial charge in [-0.25, -0.2) is 0 Å². The van der Waals surface area contributed by atoms with Crippen molar-refractivity contribution in [3.8, 4) is 0 Å². The summed E-state index contributed by atoms with van der Waals surface area (Å²) in [4.78, 5) is 0. The van der Waals surface area contributed by atoms with Crippen molar-refractivity contribution in [2.75, 3.05) is 5.33 Å². The third-order valence-corrected chi connectivity index (χ3v) is 3.53. The smallest absolute Gasteiger partial charge is 0.272 e. The zero-order chi connectivity index (χ0) is 13.3. The van der Waals surface area contributed by atoms with E-state index in [2.05, 4.69) is 41.8 Å². The highest BCUT2D eigenvalue weighted by Gasteiger charge is 2.34. The van der Waals surface area contributed by atoms with Gasteiger partial charge in [0.1, 0.15) is 0 Å². The van der Waals surface area contributed by atoms with Gasteiger partial charge >= 0.3 is 6.18 Å². The van der Waals surface area contributed by atoms with Crippen molar-refractivity contribution >= 4 is 15.9 Å². The third-order valence-electron chi connectivity index (χ3n) is 2.75. The van der Waals surface area contributed by atoms with Gasteiger partial charge in [-0.1, -0.05) is 36.7 Å². The Labute approximate surface area is 107 Å². The van der Waals surface area contributed by atoms with E-state index in [1.807, 2.05) is 0 Å². The van der Waals surface area contributed by atoms with Crippen LogP contribution in [0.4, 0.5) is 13.2 Å². The van der Waals surface area contributed by atoms with Gasteiger partial charge in [0, 0.05) is 18.1 Å². The molecule has 0 amide bonds. The average Bonchev–Trinajstić information content (AvgIpc) is 2.59. The Kier molecular flexibility index (Phi) is 4.28. The number of nitrogens with zero attached hydrogens (tertiary/aromatic N) is 2. The molecule has 17 heavy (non-hydrogen) atoms. The summed E-state index contributed by atoms with van der Waals surface area (Å²) in [6.45, 7) is 6.66. The number of hydrogen-bond donors (Lipinski definition) is 0. The summed E-state index contributed by atoms with van der Waals surface area (Å²) in [5.74, 6) is 0.225. The van der Waals surface area contributed by atoms with Crippen LogP contribution in [0.25, 0.3) is 0 Å². The number of alkyl halides is 4. The van der Waals surface area contributed by atoms with E-state index in [4.69, 9.17) is 0 Å². The fourth-order valence-electron chi connectivity index (χ4n) is 1.39. The molecule has 0 bridgehead atoms. The monoisotopic (exact) mass is 312 g/mol. The van der Waals surface area contributed by atoms with Crippen molar-refractivity contribution in [2.45, 2.75) is 33.5 Å². The fraction of sp³-hybridized carbons (Fsp3) is 0.727. The molecule has 0 saturated carbocycles. The first-order valence-corrected chi connectivity index (χ1v) is 6.43. The van der Waals surface area contributed by atoms with Gasteiger partial charge in [-0.15, -0.1) is 0 Å². The first-order chi connectivity index (χ1) is 7.64. The third kappa shape index (κ3) is 4.01. The van der Waals surface area contributed by atoms with E-state index in [-0.39, 0.29) is 11.3 Å². The van der Waals surface area contributed by atoms with E-state index in [1.54, 1.807) is 0 Å². The summed E-state index contributed by atoms with van der Waals surface area (Å²) < 4.78 is 38.5. The minimum atomic E-state index is -4.36. The van der Waals surface area contributed by atoms with Crippen molar-refractivity contribution in [2.24, 2.45) is 11.3 Å². The predicted molar refractivity (Wildman–Crippen MR) is 64.0 cm³/mol. The van der Waals surface area contributed by atoms with Gasteiger partial charge in [-0.3, -0.25) is 4.68 Å². The molecule has 1 atom stereocenters. The zero-order valence-electron chi connectivity index (χ0n) is 10.1. The summed E-state index contributed by atoms with van der Waals surface area (Å²) in [6, 6.07) is 1.01. The Balaban J connectivity index is 2.79. The van der Waals surface area contributed by atoms with Crippen LogP contribution in [0, 0.1) is 11.3 Å². The second-order valence-corrected chi connectivity index (χ2v) is 5.79. The van der Waals surface area contributed by atoms with Crippen molar-refractivity contribution in [3.05, 3.63) is 18.0 Å². The molecule has 2 nitrogen and oxygen atoms in total. The van der Waals surface area contributed by atoms with Crippen LogP contribution in [0.1, 0.15) is 26.5 Å². The Bertz CT molecular complexity index is 366. The molecular formula is C11H16BrF3N2. The molecule has 0 spiro atoms. The van der Waals surface area contributed by atoms with Crippen LogP contribution < -0.4 is 0 Å². The van der Waals surface area contributed by atoms with E-state index < -0.39 is 11.9 Å². The van der Waals surface area contributed by atoms with Crippen molar-refractivity contribution in [1.82, 2.24) is 9.78 Å². The maximum Gasteiger partial charge on any atom is 0.435 e. The van der Waals surface area contributed by atoms with Gasteiger partial charge in [0.2, 0.25) is 0 Å². The van der Waals surface area contributed by atoms with Crippen LogP contribution in [0.5, 0.6) is 0 Å². The number of hydrogen-bond acceptors (Lipinski definition) is 1. The summed E-state index contributed by atoms with van der Waals surface area (Å²) in [7, 11) is 0. The van der Waals surface area contributed by atoms with E-state index in [1.165, 1.54) is 10.9 Å². The lowest BCUT2D eigenvalue weighted by molar-refractivity contribution is -0.141. The van der Waals surface area contributed by atoms with E-state index in [0.29, 0.717) is 6.54 Å². The predicted octanol–water partition coefficient (Wildman–Crippen LogP) is 3.96. The molecule has 0 saturated heterocycles. The summed E-state index contributed by atoms with van der Waals surface area (Å²) >= 11 is 3.39. The minimum absolute atomic E-state index is 0.0217. The molecule has 1 aromatic rings. The lowest BCUT2D eigenvalue weighted by atomic mass is 9.82. The Morgan fingerprint density at radius 1 is 1.35 bits per heavy atom. The molecule has 0 N–H and O–H groups in total. The molecule has 1 unspecified atom stereocenters. The van der Waals surface area contributed by atoms with Crippen LogP contribution in [0.3, 0.4) is 0 Å². The first kappa shape index (κ1) is 14.5. The number of aromatic nitrogens is 2. The molecule has 6 heteroatoms. The van der Waals surface area contributed by atoms with Crippen LogP contribution in [-0.2, 0) is 12.7 Å². The normalized spacial score (nSPS) is 15.0. The Hall–Kier alpha value is -0.520. The summed E-state index contributed by atoms with van der Waals surface area (Å²) in [5.41, 5.74) is -0.812. The highest BCUT2D eigenvalue weighted by Crippen LogP contribution is 2.30. The van der Waals surface area contributed by atoms with Gasteiger partial charge in [-0.05, 0) is 17.4 Å². The van der Waals surface area contributed by atoms with Gasteiger partial charge in [-0.2, -0.15) is 18.3 Å². The van der Waals surface area contributed by atoms with Crippen LogP contribution in [-0.4, -0.2) is 15.1 Å². The standard InChI is InChI=1S/C11H16BrF3N2/c1-10(2,3)8(6-12)7-17-5-4-9(16-17)11(13,14)15/h4-5,8H,6-7H2,1-3H3. The van der Waals surface area contributed by atoms with Crippen molar-refractivity contribution in [1.29, 1.82) is 0 Å². The van der Waals surface area contributed by atoms with Gasteiger partial charge in [0.15, 0.2) is 5.69 Å². The second-order valence-electron chi connectivity index (χ2n) is 5.14. The molecule has 0 aliphatic carbocycles. The van der Waals surface area contributed by atoms with Crippen molar-refractivity contribution < 1.29 is 13.2 Å². The number of rotatable bonds is 3. The fourth-order valence-corrected chi connectivity index (χ4v) is 2.57. The van der Waals surface area contributed by atoms with Gasteiger partial charge < -0.3 is 0 Å². The lowest BCUT2D eigenvalue weighted by Gasteiger charge is -2.29. The molecule has 0 fully saturated rings. The van der Waals surface area contributed by atoms with E-state index >= 15 is 0 Å². The number of halogens is 4. The maximum atomic E-state index is 12.4. The summed E-state index contributed by atoms with van der Waals surface area (Å²) in [5, 5.41) is 4.29. The molecule has 0 aliphatic rings. The van der Waals surface area contributed by atoms with E-state index in [9.17, 15) is 13.2 Å². The average molecular weight is 313 g/mol. The van der Waals surface area contributed by atoms with Crippen LogP contribution in [0.15, 0.2) is 12.3 Å². The van der Waals surface area contributed by atoms with Gasteiger partial charge in [0.25, 0.3) is 0 Å². The molecule has 98 valence electrons. The quantitative estimate of drug-likeness (QED) is 0.772. The molecule has 1 aromatic heterocycles. The topological polar surface area (TPSA) is 17.8 Å². The molecule has 1 rings (SSSR count). The van der Waals surface area contributed by atoms with Crippen LogP contribution >= 0.6 is 15.9 Å². The van der Waals surface area contributed by atoms with E-state index in [0.717, 1.165) is 11.4 Å². The molecular weight excluding hydrogens is 297 g/mol. The summed E-state index contributed by atoms with van der Waals surface area (Å²) in [6.07, 6.45) is -2.99. The zero-order valence-corrected chi connectivity index (χ0v) is 11.6. The Morgan fingerprint density at radius 2 is 1.94 bits per heavy atom.